The van der Waals surface area contributed by atoms with Crippen LogP contribution in [0.2, 0.25) is 0 Å². The van der Waals surface area contributed by atoms with Crippen LogP contribution in [0.3, 0.4) is 0 Å². The molecule has 3 aliphatic rings. The van der Waals surface area contributed by atoms with E-state index in [1.54, 1.807) is 47.4 Å². The van der Waals surface area contributed by atoms with Crippen LogP contribution >= 0.6 is 82.0 Å². The van der Waals surface area contributed by atoms with Crippen molar-refractivity contribution in [3.63, 3.8) is 0 Å². The van der Waals surface area contributed by atoms with Crippen molar-refractivity contribution in [3.8, 4) is 0 Å². The molecule has 1 N–H and O–H groups in total. The Kier molecular flexibility index (Phi) is 13.0. The molecule has 0 fully saturated rings. The lowest BCUT2D eigenvalue weighted by atomic mass is 10.0. The molecule has 282 valence electrons. The number of hydrogen-bond acceptors (Lipinski definition) is 8. The molecule has 0 amide bonds. The van der Waals surface area contributed by atoms with E-state index >= 15 is 0 Å². The van der Waals surface area contributed by atoms with Crippen molar-refractivity contribution in [3.05, 3.63) is 179 Å². The molecule has 14 heteroatoms. The first-order valence-electron chi connectivity index (χ1n) is 16.9. The van der Waals surface area contributed by atoms with Gasteiger partial charge in [0.1, 0.15) is 11.5 Å². The summed E-state index contributed by atoms with van der Waals surface area (Å²) in [6.45, 7) is 0. The van der Waals surface area contributed by atoms with Gasteiger partial charge in [-0.2, -0.15) is 0 Å². The van der Waals surface area contributed by atoms with Gasteiger partial charge in [0.15, 0.2) is 5.78 Å². The molecule has 6 aromatic carbocycles. The monoisotopic (exact) mass is 892 g/mol. The van der Waals surface area contributed by atoms with Crippen LogP contribution in [0.25, 0.3) is 23.7 Å². The van der Waals surface area contributed by atoms with Gasteiger partial charge in [0.05, 0.1) is 0 Å². The third-order valence-electron chi connectivity index (χ3n) is 8.31. The fourth-order valence-electron chi connectivity index (χ4n) is 5.92. The molecule has 0 saturated carbocycles. The number of phosphoric ester groups is 1. The summed E-state index contributed by atoms with van der Waals surface area (Å²) >= 11 is 18.7. The number of carbonyl (C=O) groups is 1. The minimum Gasteiger partial charge on any atom is -0.394 e. The van der Waals surface area contributed by atoms with Crippen molar-refractivity contribution in [2.75, 3.05) is 0 Å². The Hall–Kier alpha value is -3.59. The van der Waals surface area contributed by atoms with Gasteiger partial charge in [-0.05, 0) is 99.0 Å². The quantitative estimate of drug-likeness (QED) is 0.174. The molecule has 3 aliphatic heterocycles. The zero-order valence-corrected chi connectivity index (χ0v) is 35.5. The van der Waals surface area contributed by atoms with Crippen molar-refractivity contribution in [2.24, 2.45) is 0 Å². The van der Waals surface area contributed by atoms with Crippen LogP contribution < -0.4 is 0 Å². The maximum Gasteiger partial charge on any atom is 0.584 e. The molecule has 0 saturated heterocycles. The number of phosphoric acid groups is 1. The normalized spacial score (nSPS) is 13.8. The summed E-state index contributed by atoms with van der Waals surface area (Å²) in [5, 5.41) is -3.22. The first-order chi connectivity index (χ1) is 26.9. The largest absolute Gasteiger partial charge is 0.584 e. The lowest BCUT2D eigenvalue weighted by molar-refractivity contribution is 0.0990. The minimum absolute atomic E-state index is 0.216. The number of Topliss-reactive ketones (excluding diaryl/α,β-unsaturated/α-hetero) is 1. The Balaban J connectivity index is 0.000000189. The molecule has 6 nitrogen and oxygen atoms in total. The summed E-state index contributed by atoms with van der Waals surface area (Å²) in [4.78, 5) is 29.2. The fourth-order valence-corrected chi connectivity index (χ4v) is 9.96. The smallest absolute Gasteiger partial charge is 0.394 e. The van der Waals surface area contributed by atoms with Crippen LogP contribution in [0.5, 0.6) is 0 Å². The summed E-state index contributed by atoms with van der Waals surface area (Å²) in [6, 6.07) is 47.1. The second-order valence-corrected chi connectivity index (χ2v) is 23.3. The molecule has 0 aromatic heterocycles. The number of hydrogen-bond donors (Lipinski definition) is 1. The summed E-state index contributed by atoms with van der Waals surface area (Å²) < 4.78 is 34.5. The van der Waals surface area contributed by atoms with Crippen molar-refractivity contribution < 1.29 is 27.9 Å². The van der Waals surface area contributed by atoms with Crippen LogP contribution in [0, 0.1) is 0 Å². The van der Waals surface area contributed by atoms with Gasteiger partial charge in [-0.1, -0.05) is 144 Å². The zero-order valence-electron chi connectivity index (χ0n) is 29.0. The van der Waals surface area contributed by atoms with E-state index in [2.05, 4.69) is 39.8 Å². The fraction of sp³-hybridized carbons (Fsp3) is 0.0238. The Bertz CT molecular complexity index is 2490. The summed E-state index contributed by atoms with van der Waals surface area (Å²) in [5.74, 6) is 0.801. The molecular weight excluding hydrogens is 865 g/mol. The van der Waals surface area contributed by atoms with E-state index in [0.717, 1.165) is 57.9 Å². The molecule has 9 rings (SSSR count). The van der Waals surface area contributed by atoms with Gasteiger partial charge in [0.25, 0.3) is 0 Å². The number of ketones is 1. The SMILES string of the molecule is O=C1Cc2ccccc2Sc2ccccc21.O=P(Cl)(Cl)Cl.O=P(O)(OC1=Cc2ccccc2Sc2ccccc21)OC1=Cc2ccccc2Sc2ccccc21. The lowest BCUT2D eigenvalue weighted by Crippen LogP contribution is -2.02. The van der Waals surface area contributed by atoms with Crippen LogP contribution in [0.4, 0.5) is 0 Å². The summed E-state index contributed by atoms with van der Waals surface area (Å²) in [5.41, 5.74) is 5.28. The highest BCUT2D eigenvalue weighted by molar-refractivity contribution is 8.24. The highest BCUT2D eigenvalue weighted by atomic mass is 36.0. The van der Waals surface area contributed by atoms with Crippen LogP contribution in [-0.2, 0) is 24.6 Å². The number of carbonyl (C=O) groups excluding carboxylic acids is 1. The van der Waals surface area contributed by atoms with Crippen molar-refractivity contribution in [1.29, 1.82) is 0 Å². The Labute approximate surface area is 351 Å². The molecule has 0 atom stereocenters. The molecular formula is C42H29Cl3O6P2S3. The van der Waals surface area contributed by atoms with Gasteiger partial charge < -0.3 is 9.05 Å². The third-order valence-corrected chi connectivity index (χ3v) is 12.7. The minimum atomic E-state index is -4.56. The number of benzene rings is 6. The van der Waals surface area contributed by atoms with E-state index in [0.29, 0.717) is 17.9 Å². The molecule has 3 heterocycles. The van der Waals surface area contributed by atoms with E-state index in [1.165, 1.54) is 4.90 Å². The number of fused-ring (bicyclic) bond motifs is 6. The number of rotatable bonds is 4. The average molecular weight is 894 g/mol. The molecule has 56 heavy (non-hydrogen) atoms. The van der Waals surface area contributed by atoms with Gasteiger partial charge in [-0.15, -0.1) is 0 Å². The van der Waals surface area contributed by atoms with Crippen LogP contribution in [-0.4, -0.2) is 10.7 Å². The third kappa shape index (κ3) is 10.5. The first kappa shape index (κ1) is 40.6. The second kappa shape index (κ2) is 17.9. The summed E-state index contributed by atoms with van der Waals surface area (Å²) in [6.07, 6.45) is 4.10. The van der Waals surface area contributed by atoms with Crippen molar-refractivity contribution in [2.45, 2.75) is 35.8 Å². The standard InChI is InChI=1S/C28H19O4PS2.C14H10OS.Cl3OP/c29-33(30,31-23-17-19-9-1-5-13-25(19)34-27-15-7-3-11-21(23)27)32-24-18-20-10-2-6-14-26(20)35-28-16-8-4-12-22(24)28;15-12-9-10-5-1-3-7-13(10)16-14-8-4-2-6-11(12)14;1-5(2,3)4/h1-18H,(H,29,30);1-8H,9H2;. The molecule has 0 unspecified atom stereocenters. The first-order valence-corrected chi connectivity index (χ1v) is 25.2. The second-order valence-electron chi connectivity index (χ2n) is 12.1. The predicted octanol–water partition coefficient (Wildman–Crippen LogP) is 14.8. The summed E-state index contributed by atoms with van der Waals surface area (Å²) in [7, 11) is -4.56. The molecule has 0 spiro atoms. The van der Waals surface area contributed by atoms with E-state index in [-0.39, 0.29) is 5.78 Å². The predicted molar refractivity (Wildman–Crippen MR) is 232 cm³/mol. The van der Waals surface area contributed by atoms with Gasteiger partial charge in [-0.25, -0.2) is 4.57 Å². The van der Waals surface area contributed by atoms with E-state index in [9.17, 15) is 18.8 Å². The van der Waals surface area contributed by atoms with E-state index in [1.807, 2.05) is 140 Å². The van der Waals surface area contributed by atoms with Gasteiger partial charge in [0, 0.05) is 52.5 Å². The molecule has 0 radical (unpaired) electrons. The Morgan fingerprint density at radius 2 is 0.821 bits per heavy atom. The molecule has 0 bridgehead atoms. The van der Waals surface area contributed by atoms with Crippen molar-refractivity contribution >= 4 is 111 Å². The Morgan fingerprint density at radius 1 is 0.482 bits per heavy atom. The van der Waals surface area contributed by atoms with Gasteiger partial charge in [0.2, 0.25) is 0 Å². The highest BCUT2D eigenvalue weighted by Crippen LogP contribution is 2.61. The maximum atomic E-state index is 13.4. The van der Waals surface area contributed by atoms with Gasteiger partial charge >= 0.3 is 13.0 Å². The van der Waals surface area contributed by atoms with E-state index in [4.69, 9.17) is 9.05 Å². The number of halogens is 3. The van der Waals surface area contributed by atoms with Crippen molar-refractivity contribution in [1.82, 2.24) is 0 Å². The highest BCUT2D eigenvalue weighted by Gasteiger charge is 2.32. The molecule has 0 aliphatic carbocycles. The topological polar surface area (TPSA) is 89.9 Å². The molecule has 6 aromatic rings. The lowest BCUT2D eigenvalue weighted by Gasteiger charge is -2.19. The Morgan fingerprint density at radius 3 is 1.30 bits per heavy atom. The van der Waals surface area contributed by atoms with Crippen LogP contribution in [0.15, 0.2) is 175 Å². The maximum absolute atomic E-state index is 13.4. The average Bonchev–Trinajstić information content (AvgIpc) is 3.50. The van der Waals surface area contributed by atoms with E-state index < -0.39 is 13.0 Å². The zero-order chi connectivity index (χ0) is 39.3. The van der Waals surface area contributed by atoms with Gasteiger partial charge in [-0.3, -0.25) is 14.3 Å². The van der Waals surface area contributed by atoms with Crippen LogP contribution in [0.1, 0.15) is 38.2 Å².